The number of aliphatic carboxylic acids is 1. The number of carbonyl (C=O) groups is 2. The first kappa shape index (κ1) is 13.8. The summed E-state index contributed by atoms with van der Waals surface area (Å²) in [7, 11) is 0. The molecule has 8 nitrogen and oxygen atoms in total. The van der Waals surface area contributed by atoms with E-state index in [1.807, 2.05) is 0 Å². The average molecular weight is 278 g/mol. The van der Waals surface area contributed by atoms with Gasteiger partial charge in [0.1, 0.15) is 13.1 Å². The van der Waals surface area contributed by atoms with Gasteiger partial charge >= 0.3 is 11.9 Å². The summed E-state index contributed by atoms with van der Waals surface area (Å²) in [4.78, 5) is 30.5. The molecule has 0 amide bonds. The highest BCUT2D eigenvalue weighted by molar-refractivity contribution is 5.70. The molecule has 0 saturated carbocycles. The zero-order chi connectivity index (χ0) is 14.5. The average Bonchev–Trinajstić information content (AvgIpc) is 2.97. The van der Waals surface area contributed by atoms with E-state index in [0.29, 0.717) is 18.3 Å². The Morgan fingerprint density at radius 3 is 2.20 bits per heavy atom. The Hall–Kier alpha value is -2.64. The van der Waals surface area contributed by atoms with Gasteiger partial charge in [0.05, 0.1) is 6.61 Å². The number of carboxylic acids is 1. The lowest BCUT2D eigenvalue weighted by Crippen LogP contribution is -2.16. The molecule has 8 heteroatoms. The number of carboxylic acid groups (broad SMARTS) is 1. The molecule has 0 saturated heterocycles. The Bertz CT molecular complexity index is 617. The summed E-state index contributed by atoms with van der Waals surface area (Å²) < 4.78 is 7.89. The maximum atomic E-state index is 11.5. The van der Waals surface area contributed by atoms with Gasteiger partial charge in [-0.25, -0.2) is 9.97 Å². The lowest BCUT2D eigenvalue weighted by atomic mass is 10.5. The molecule has 0 atom stereocenters. The second kappa shape index (κ2) is 6.00. The van der Waals surface area contributed by atoms with Gasteiger partial charge in [-0.05, 0) is 6.92 Å². The van der Waals surface area contributed by atoms with E-state index in [-0.39, 0.29) is 19.1 Å². The Balaban J connectivity index is 2.26. The largest absolute Gasteiger partial charge is 0.480 e. The van der Waals surface area contributed by atoms with Gasteiger partial charge < -0.3 is 19.0 Å². The van der Waals surface area contributed by atoms with Crippen LogP contribution in [0.25, 0.3) is 11.6 Å². The molecule has 2 heterocycles. The fourth-order valence-electron chi connectivity index (χ4n) is 1.78. The van der Waals surface area contributed by atoms with Crippen LogP contribution in [-0.2, 0) is 27.4 Å². The van der Waals surface area contributed by atoms with E-state index in [2.05, 4.69) is 9.97 Å². The summed E-state index contributed by atoms with van der Waals surface area (Å²) in [5.41, 5.74) is 0. The molecule has 2 aromatic rings. The van der Waals surface area contributed by atoms with E-state index in [1.54, 1.807) is 23.9 Å². The number of hydrogen-bond donors (Lipinski definition) is 1. The summed E-state index contributed by atoms with van der Waals surface area (Å²) >= 11 is 0. The highest BCUT2D eigenvalue weighted by atomic mass is 16.5. The molecular formula is C12H14N4O4. The van der Waals surface area contributed by atoms with Crippen LogP contribution >= 0.6 is 0 Å². The van der Waals surface area contributed by atoms with Gasteiger partial charge in [0, 0.05) is 24.8 Å². The van der Waals surface area contributed by atoms with E-state index in [1.165, 1.54) is 17.0 Å². The zero-order valence-electron chi connectivity index (χ0n) is 10.9. The normalized spacial score (nSPS) is 10.4. The fourth-order valence-corrected chi connectivity index (χ4v) is 1.78. The highest BCUT2D eigenvalue weighted by Gasteiger charge is 2.15. The Morgan fingerprint density at radius 1 is 1.15 bits per heavy atom. The third-order valence-electron chi connectivity index (χ3n) is 2.54. The number of esters is 1. The summed E-state index contributed by atoms with van der Waals surface area (Å²) in [5, 5.41) is 8.84. The third-order valence-corrected chi connectivity index (χ3v) is 2.54. The molecule has 2 rings (SSSR count). The number of aromatic nitrogens is 4. The van der Waals surface area contributed by atoms with Gasteiger partial charge in [0.2, 0.25) is 0 Å². The third kappa shape index (κ3) is 3.02. The van der Waals surface area contributed by atoms with Crippen LogP contribution in [0.15, 0.2) is 24.8 Å². The van der Waals surface area contributed by atoms with Crippen molar-refractivity contribution in [1.82, 2.24) is 19.1 Å². The predicted molar refractivity (Wildman–Crippen MR) is 67.7 cm³/mol. The number of hydrogen-bond acceptors (Lipinski definition) is 5. The minimum atomic E-state index is -0.979. The molecule has 20 heavy (non-hydrogen) atoms. The number of carbonyl (C=O) groups excluding carboxylic acids is 1. The minimum Gasteiger partial charge on any atom is -0.480 e. The van der Waals surface area contributed by atoms with E-state index in [0.717, 1.165) is 0 Å². The SMILES string of the molecule is CCOC(=O)Cn1ccnc1-c1nccn1CC(=O)O. The summed E-state index contributed by atoms with van der Waals surface area (Å²) in [6.45, 7) is 1.81. The quantitative estimate of drug-likeness (QED) is 0.767. The van der Waals surface area contributed by atoms with Crippen molar-refractivity contribution in [2.24, 2.45) is 0 Å². The zero-order valence-corrected chi connectivity index (χ0v) is 10.9. The monoisotopic (exact) mass is 278 g/mol. The second-order valence-corrected chi connectivity index (χ2v) is 3.96. The molecule has 0 bridgehead atoms. The van der Waals surface area contributed by atoms with Crippen molar-refractivity contribution in [1.29, 1.82) is 0 Å². The van der Waals surface area contributed by atoms with E-state index in [4.69, 9.17) is 9.84 Å². The molecule has 0 aliphatic carbocycles. The van der Waals surface area contributed by atoms with Crippen molar-refractivity contribution < 1.29 is 19.4 Å². The maximum absolute atomic E-state index is 11.5. The van der Waals surface area contributed by atoms with Crippen LogP contribution in [0.2, 0.25) is 0 Å². The first-order chi connectivity index (χ1) is 9.61. The topological polar surface area (TPSA) is 99.2 Å². The van der Waals surface area contributed by atoms with Crippen LogP contribution in [0.4, 0.5) is 0 Å². The van der Waals surface area contributed by atoms with Crippen LogP contribution in [0.1, 0.15) is 6.92 Å². The van der Waals surface area contributed by atoms with E-state index >= 15 is 0 Å². The molecular weight excluding hydrogens is 264 g/mol. The van der Waals surface area contributed by atoms with E-state index < -0.39 is 5.97 Å². The van der Waals surface area contributed by atoms with Gasteiger partial charge in [-0.2, -0.15) is 0 Å². The molecule has 0 spiro atoms. The maximum Gasteiger partial charge on any atom is 0.326 e. The van der Waals surface area contributed by atoms with Crippen LogP contribution in [0, 0.1) is 0 Å². The van der Waals surface area contributed by atoms with Crippen molar-refractivity contribution in [3.8, 4) is 11.6 Å². The Labute approximate surface area is 114 Å². The molecule has 0 unspecified atom stereocenters. The fraction of sp³-hybridized carbons (Fsp3) is 0.333. The van der Waals surface area contributed by atoms with Crippen molar-refractivity contribution in [2.45, 2.75) is 20.0 Å². The molecule has 0 aliphatic rings. The summed E-state index contributed by atoms with van der Waals surface area (Å²) in [6, 6.07) is 0. The van der Waals surface area contributed by atoms with Crippen LogP contribution < -0.4 is 0 Å². The van der Waals surface area contributed by atoms with Gasteiger partial charge in [-0.3, -0.25) is 9.59 Å². The minimum absolute atomic E-state index is 0.00308. The summed E-state index contributed by atoms with van der Waals surface area (Å²) in [5.74, 6) is -0.554. The first-order valence-corrected chi connectivity index (χ1v) is 6.02. The molecule has 2 aromatic heterocycles. The van der Waals surface area contributed by atoms with Crippen molar-refractivity contribution >= 4 is 11.9 Å². The molecule has 106 valence electrons. The van der Waals surface area contributed by atoms with Gasteiger partial charge in [0.25, 0.3) is 0 Å². The standard InChI is InChI=1S/C12H14N4O4/c1-2-20-10(19)8-16-6-4-14-12(16)11-13-3-5-15(11)7-9(17)18/h3-6H,2,7-8H2,1H3,(H,17,18). The molecule has 0 radical (unpaired) electrons. The van der Waals surface area contributed by atoms with Gasteiger partial charge in [-0.1, -0.05) is 0 Å². The number of imidazole rings is 2. The molecule has 0 aliphatic heterocycles. The van der Waals surface area contributed by atoms with Crippen molar-refractivity contribution in [2.75, 3.05) is 6.61 Å². The van der Waals surface area contributed by atoms with Gasteiger partial charge in [-0.15, -0.1) is 0 Å². The predicted octanol–water partition coefficient (Wildman–Crippen LogP) is 0.394. The van der Waals surface area contributed by atoms with Crippen molar-refractivity contribution in [3.05, 3.63) is 24.8 Å². The molecule has 0 fully saturated rings. The van der Waals surface area contributed by atoms with E-state index in [9.17, 15) is 9.59 Å². The van der Waals surface area contributed by atoms with Crippen LogP contribution in [0.5, 0.6) is 0 Å². The molecule has 1 N–H and O–H groups in total. The summed E-state index contributed by atoms with van der Waals surface area (Å²) in [6.07, 6.45) is 6.18. The Morgan fingerprint density at radius 2 is 1.70 bits per heavy atom. The number of nitrogens with zero attached hydrogens (tertiary/aromatic N) is 4. The van der Waals surface area contributed by atoms with Crippen LogP contribution in [0.3, 0.4) is 0 Å². The lowest BCUT2D eigenvalue weighted by Gasteiger charge is -2.08. The van der Waals surface area contributed by atoms with Crippen molar-refractivity contribution in [3.63, 3.8) is 0 Å². The Kier molecular flexibility index (Phi) is 4.14. The number of ether oxygens (including phenoxy) is 1. The second-order valence-electron chi connectivity index (χ2n) is 3.96. The first-order valence-electron chi connectivity index (χ1n) is 6.02. The lowest BCUT2D eigenvalue weighted by molar-refractivity contribution is -0.143. The smallest absolute Gasteiger partial charge is 0.326 e. The van der Waals surface area contributed by atoms with Gasteiger partial charge in [0.15, 0.2) is 11.6 Å². The van der Waals surface area contributed by atoms with Crippen LogP contribution in [-0.4, -0.2) is 42.8 Å². The number of rotatable bonds is 6. The molecule has 0 aromatic carbocycles. The highest BCUT2D eigenvalue weighted by Crippen LogP contribution is 2.15.